The van der Waals surface area contributed by atoms with Gasteiger partial charge in [-0.1, -0.05) is 12.1 Å². The van der Waals surface area contributed by atoms with Crippen LogP contribution in [0.5, 0.6) is 0 Å². The summed E-state index contributed by atoms with van der Waals surface area (Å²) in [5.74, 6) is -0.0184. The SMILES string of the molecule is Cn1ccc(-c2nc(N)c(C(=O)NC(C)(C)c3ncccn3)nc2-c2ccc3ncccc3c2)n1. The molecular formula is C25H23N9O. The van der Waals surface area contributed by atoms with Gasteiger partial charge in [0.25, 0.3) is 5.91 Å². The smallest absolute Gasteiger partial charge is 0.274 e. The number of aromatic nitrogens is 7. The number of carbonyl (C=O) groups excluding carboxylic acids is 1. The molecule has 10 nitrogen and oxygen atoms in total. The molecule has 0 spiro atoms. The molecule has 1 aromatic carbocycles. The van der Waals surface area contributed by atoms with Gasteiger partial charge >= 0.3 is 0 Å². The summed E-state index contributed by atoms with van der Waals surface area (Å²) in [6, 6.07) is 13.1. The molecule has 1 amide bonds. The normalized spacial score (nSPS) is 11.5. The molecule has 4 aromatic heterocycles. The maximum absolute atomic E-state index is 13.3. The number of carbonyl (C=O) groups is 1. The van der Waals surface area contributed by atoms with E-state index in [-0.39, 0.29) is 11.5 Å². The number of anilines is 1. The molecule has 0 aliphatic carbocycles. The zero-order valence-electron chi connectivity index (χ0n) is 19.5. The zero-order chi connectivity index (χ0) is 24.6. The van der Waals surface area contributed by atoms with Crippen LogP contribution in [0.3, 0.4) is 0 Å². The van der Waals surface area contributed by atoms with E-state index in [1.54, 1.807) is 29.3 Å². The van der Waals surface area contributed by atoms with Gasteiger partial charge in [0.05, 0.1) is 16.7 Å². The monoisotopic (exact) mass is 465 g/mol. The van der Waals surface area contributed by atoms with Gasteiger partial charge in [0.15, 0.2) is 17.3 Å². The molecule has 0 fully saturated rings. The van der Waals surface area contributed by atoms with E-state index >= 15 is 0 Å². The van der Waals surface area contributed by atoms with Crippen molar-refractivity contribution in [1.29, 1.82) is 0 Å². The first-order chi connectivity index (χ1) is 16.8. The van der Waals surface area contributed by atoms with E-state index in [0.717, 1.165) is 16.5 Å². The quantitative estimate of drug-likeness (QED) is 0.404. The Bertz CT molecular complexity index is 1540. The lowest BCUT2D eigenvalue weighted by molar-refractivity contribution is 0.0904. The van der Waals surface area contributed by atoms with Crippen LogP contribution >= 0.6 is 0 Å². The number of fused-ring (bicyclic) bond motifs is 1. The third-order valence-electron chi connectivity index (χ3n) is 5.52. The summed E-state index contributed by atoms with van der Waals surface area (Å²) < 4.78 is 1.67. The van der Waals surface area contributed by atoms with Gasteiger partial charge in [0, 0.05) is 42.8 Å². The van der Waals surface area contributed by atoms with Crippen LogP contribution in [0.1, 0.15) is 30.2 Å². The highest BCUT2D eigenvalue weighted by Gasteiger charge is 2.29. The zero-order valence-corrected chi connectivity index (χ0v) is 19.5. The van der Waals surface area contributed by atoms with Crippen molar-refractivity contribution in [3.05, 3.63) is 78.8 Å². The number of pyridine rings is 1. The molecule has 5 rings (SSSR count). The Hall–Kier alpha value is -4.73. The summed E-state index contributed by atoms with van der Waals surface area (Å²) in [6.07, 6.45) is 6.80. The average Bonchev–Trinajstić information content (AvgIpc) is 3.30. The Balaban J connectivity index is 1.62. The van der Waals surface area contributed by atoms with Gasteiger partial charge in [-0.25, -0.2) is 19.9 Å². The summed E-state index contributed by atoms with van der Waals surface area (Å²) in [7, 11) is 1.82. The number of nitrogens with two attached hydrogens (primary N) is 1. The second-order valence-corrected chi connectivity index (χ2v) is 8.59. The minimum Gasteiger partial charge on any atom is -0.382 e. The van der Waals surface area contributed by atoms with Crippen molar-refractivity contribution in [1.82, 2.24) is 40.0 Å². The molecule has 0 saturated heterocycles. The number of benzene rings is 1. The minimum absolute atomic E-state index is 0.000797. The molecule has 0 radical (unpaired) electrons. The first-order valence-corrected chi connectivity index (χ1v) is 10.9. The van der Waals surface area contributed by atoms with Crippen LogP contribution in [0.2, 0.25) is 0 Å². The van der Waals surface area contributed by atoms with Crippen molar-refractivity contribution < 1.29 is 4.79 Å². The molecule has 0 saturated carbocycles. The Labute approximate surface area is 201 Å². The topological polar surface area (TPSA) is 137 Å². The summed E-state index contributed by atoms with van der Waals surface area (Å²) in [4.78, 5) is 35.5. The van der Waals surface area contributed by atoms with E-state index in [1.807, 2.05) is 63.5 Å². The first-order valence-electron chi connectivity index (χ1n) is 10.9. The standard InChI is InChI=1S/C25H23N9O/c1-25(2,24-28-11-5-12-29-24)32-23(35)21-22(26)31-20(18-9-13-34(3)33-18)19(30-21)16-7-8-17-15(14-16)6-4-10-27-17/h4-14H,1-3H3,(H2,26,31)(H,32,35). The summed E-state index contributed by atoms with van der Waals surface area (Å²) in [6.45, 7) is 3.62. The molecule has 4 heterocycles. The fourth-order valence-corrected chi connectivity index (χ4v) is 3.78. The van der Waals surface area contributed by atoms with E-state index in [9.17, 15) is 4.79 Å². The van der Waals surface area contributed by atoms with E-state index in [1.165, 1.54) is 0 Å². The lowest BCUT2D eigenvalue weighted by atomic mass is 10.0. The van der Waals surface area contributed by atoms with Crippen LogP contribution < -0.4 is 11.1 Å². The van der Waals surface area contributed by atoms with Crippen molar-refractivity contribution >= 4 is 22.6 Å². The molecule has 0 aliphatic heterocycles. The van der Waals surface area contributed by atoms with Gasteiger partial charge in [0.2, 0.25) is 0 Å². The highest BCUT2D eigenvalue weighted by atomic mass is 16.2. The van der Waals surface area contributed by atoms with Crippen molar-refractivity contribution in [3.63, 3.8) is 0 Å². The second-order valence-electron chi connectivity index (χ2n) is 8.59. The summed E-state index contributed by atoms with van der Waals surface area (Å²) >= 11 is 0. The number of amides is 1. The van der Waals surface area contributed by atoms with Crippen LogP contribution in [0.25, 0.3) is 33.5 Å². The molecule has 0 bridgehead atoms. The number of nitrogens with zero attached hydrogens (tertiary/aromatic N) is 7. The predicted molar refractivity (Wildman–Crippen MR) is 132 cm³/mol. The van der Waals surface area contributed by atoms with Crippen LogP contribution in [-0.4, -0.2) is 40.6 Å². The fraction of sp³-hybridized carbons (Fsp3) is 0.160. The molecular weight excluding hydrogens is 442 g/mol. The van der Waals surface area contributed by atoms with Crippen molar-refractivity contribution in [3.8, 4) is 22.6 Å². The highest BCUT2D eigenvalue weighted by Crippen LogP contribution is 2.31. The molecule has 5 aromatic rings. The first kappa shape index (κ1) is 22.1. The van der Waals surface area contributed by atoms with Gasteiger partial charge in [-0.3, -0.25) is 14.5 Å². The van der Waals surface area contributed by atoms with Crippen LogP contribution in [0.4, 0.5) is 5.82 Å². The molecule has 0 atom stereocenters. The van der Waals surface area contributed by atoms with Gasteiger partial charge < -0.3 is 11.1 Å². The number of hydrogen-bond donors (Lipinski definition) is 2. The lowest BCUT2D eigenvalue weighted by Gasteiger charge is -2.24. The molecule has 35 heavy (non-hydrogen) atoms. The van der Waals surface area contributed by atoms with Crippen molar-refractivity contribution in [2.45, 2.75) is 19.4 Å². The van der Waals surface area contributed by atoms with E-state index < -0.39 is 11.4 Å². The number of rotatable bonds is 5. The second kappa shape index (κ2) is 8.56. The van der Waals surface area contributed by atoms with E-state index in [4.69, 9.17) is 10.7 Å². The minimum atomic E-state index is -0.860. The van der Waals surface area contributed by atoms with Crippen LogP contribution in [-0.2, 0) is 12.6 Å². The molecule has 0 aliphatic rings. The summed E-state index contributed by atoms with van der Waals surface area (Å²) in [5.41, 5.74) is 8.58. The van der Waals surface area contributed by atoms with Crippen LogP contribution in [0, 0.1) is 0 Å². The van der Waals surface area contributed by atoms with Crippen molar-refractivity contribution in [2.75, 3.05) is 5.73 Å². The van der Waals surface area contributed by atoms with Gasteiger partial charge in [-0.05, 0) is 44.2 Å². The van der Waals surface area contributed by atoms with E-state index in [2.05, 4.69) is 30.4 Å². The van der Waals surface area contributed by atoms with Gasteiger partial charge in [0.1, 0.15) is 11.4 Å². The molecule has 3 N–H and O–H groups in total. The Morgan fingerprint density at radius 3 is 2.49 bits per heavy atom. The summed E-state index contributed by atoms with van der Waals surface area (Å²) in [5, 5.41) is 8.33. The lowest BCUT2D eigenvalue weighted by Crippen LogP contribution is -2.43. The maximum atomic E-state index is 13.3. The average molecular weight is 466 g/mol. The largest absolute Gasteiger partial charge is 0.382 e. The fourth-order valence-electron chi connectivity index (χ4n) is 3.78. The van der Waals surface area contributed by atoms with Crippen LogP contribution in [0.15, 0.2) is 67.3 Å². The Kier molecular flexibility index (Phi) is 5.40. The number of hydrogen-bond acceptors (Lipinski definition) is 8. The van der Waals surface area contributed by atoms with E-state index in [0.29, 0.717) is 22.9 Å². The third kappa shape index (κ3) is 4.29. The maximum Gasteiger partial charge on any atom is 0.274 e. The van der Waals surface area contributed by atoms with Crippen molar-refractivity contribution in [2.24, 2.45) is 7.05 Å². The number of aryl methyl sites for hydroxylation is 1. The predicted octanol–water partition coefficient (Wildman–Crippen LogP) is 3.13. The number of nitrogen functional groups attached to an aromatic ring is 1. The van der Waals surface area contributed by atoms with Gasteiger partial charge in [-0.15, -0.1) is 0 Å². The Morgan fingerprint density at radius 2 is 1.74 bits per heavy atom. The highest BCUT2D eigenvalue weighted by molar-refractivity contribution is 5.98. The third-order valence-corrected chi connectivity index (χ3v) is 5.52. The molecule has 174 valence electrons. The molecule has 0 unspecified atom stereocenters. The number of nitrogens with one attached hydrogen (secondary N) is 1. The van der Waals surface area contributed by atoms with Gasteiger partial charge in [-0.2, -0.15) is 5.10 Å². The molecule has 10 heteroatoms. The Morgan fingerprint density at radius 1 is 0.971 bits per heavy atom.